The molecule has 0 heterocycles. The van der Waals surface area contributed by atoms with Gasteiger partial charge in [-0.15, -0.1) is 11.6 Å². The van der Waals surface area contributed by atoms with Crippen LogP contribution < -0.4 is 0 Å². The number of hydrogen-bond donors (Lipinski definition) is 0. The number of hydrogen-bond acceptors (Lipinski definition) is 2. The topological polar surface area (TPSA) is 26.3 Å². The van der Waals surface area contributed by atoms with Crippen LogP contribution in [0.15, 0.2) is 11.6 Å². The van der Waals surface area contributed by atoms with E-state index in [-0.39, 0.29) is 12.1 Å². The first-order chi connectivity index (χ1) is 16.3. The minimum absolute atomic E-state index is 0.0261. The van der Waals surface area contributed by atoms with Gasteiger partial charge in [-0.3, -0.25) is 4.79 Å². The fraction of sp³-hybridized carbons (Fsp3) is 0.903. The molecule has 0 aliphatic heterocycles. The first kappa shape index (κ1) is 26.6. The summed E-state index contributed by atoms with van der Waals surface area (Å²) in [5, 5.41) is -0.499. The highest BCUT2D eigenvalue weighted by Crippen LogP contribution is 2.66. The third-order valence-electron chi connectivity index (χ3n) is 11.1. The number of carbonyl (C=O) groups is 1. The molecule has 34 heavy (non-hydrogen) atoms. The first-order valence-electron chi connectivity index (χ1n) is 14.9. The van der Waals surface area contributed by atoms with Gasteiger partial charge in [-0.1, -0.05) is 77.9 Å². The maximum absolute atomic E-state index is 12.3. The summed E-state index contributed by atoms with van der Waals surface area (Å²) < 4.78 is 5.83. The van der Waals surface area contributed by atoms with Crippen molar-refractivity contribution in [3.63, 3.8) is 0 Å². The molecule has 0 bridgehead atoms. The van der Waals surface area contributed by atoms with Gasteiger partial charge >= 0.3 is 5.97 Å². The molecule has 4 rings (SSSR count). The Morgan fingerprint density at radius 2 is 1.79 bits per heavy atom. The highest BCUT2D eigenvalue weighted by molar-refractivity contribution is 6.29. The van der Waals surface area contributed by atoms with Crippen molar-refractivity contribution in [2.24, 2.45) is 34.5 Å². The second-order valence-electron chi connectivity index (χ2n) is 12.8. The Bertz CT molecular complexity index is 731. The Kier molecular flexibility index (Phi) is 8.80. The number of allylic oxidation sites excluding steroid dienone is 1. The van der Waals surface area contributed by atoms with E-state index in [4.69, 9.17) is 16.3 Å². The average molecular weight is 491 g/mol. The van der Waals surface area contributed by atoms with Gasteiger partial charge < -0.3 is 4.74 Å². The molecule has 4 aliphatic rings. The molecule has 194 valence electrons. The smallest absolute Gasteiger partial charge is 0.324 e. The molecule has 0 amide bonds. The minimum atomic E-state index is -0.499. The van der Waals surface area contributed by atoms with Gasteiger partial charge in [0.2, 0.25) is 0 Å². The van der Waals surface area contributed by atoms with Crippen LogP contribution in [0.2, 0.25) is 0 Å². The van der Waals surface area contributed by atoms with E-state index < -0.39 is 5.38 Å². The summed E-state index contributed by atoms with van der Waals surface area (Å²) in [4.78, 5) is 12.3. The fourth-order valence-corrected chi connectivity index (χ4v) is 8.94. The molecule has 0 aromatic rings. The molecule has 8 atom stereocenters. The van der Waals surface area contributed by atoms with Crippen LogP contribution in [0.25, 0.3) is 0 Å². The molecule has 0 unspecified atom stereocenters. The number of unbranched alkanes of at least 4 members (excludes halogenated alkanes) is 5. The first-order valence-corrected chi connectivity index (χ1v) is 15.3. The average Bonchev–Trinajstić information content (AvgIpc) is 3.17. The highest BCUT2D eigenvalue weighted by atomic mass is 35.5. The summed E-state index contributed by atoms with van der Waals surface area (Å²) in [6.07, 6.45) is 23.4. The lowest BCUT2D eigenvalue weighted by Gasteiger charge is -2.58. The van der Waals surface area contributed by atoms with Crippen molar-refractivity contribution in [3.05, 3.63) is 11.6 Å². The molecular weight excluding hydrogens is 440 g/mol. The Hall–Kier alpha value is -0.500. The van der Waals surface area contributed by atoms with Crippen LogP contribution in [-0.2, 0) is 9.53 Å². The van der Waals surface area contributed by atoms with Gasteiger partial charge in [0.05, 0.1) is 0 Å². The van der Waals surface area contributed by atoms with E-state index in [0.29, 0.717) is 17.3 Å². The van der Waals surface area contributed by atoms with Gasteiger partial charge in [-0.05, 0) is 92.3 Å². The van der Waals surface area contributed by atoms with Crippen molar-refractivity contribution in [1.29, 1.82) is 0 Å². The maximum Gasteiger partial charge on any atom is 0.324 e. The molecule has 0 spiro atoms. The molecule has 3 saturated carbocycles. The van der Waals surface area contributed by atoms with E-state index in [1.807, 2.05) is 6.92 Å². The van der Waals surface area contributed by atoms with Crippen LogP contribution >= 0.6 is 11.6 Å². The molecular formula is C31H51ClO2. The van der Waals surface area contributed by atoms with Crippen LogP contribution in [-0.4, -0.2) is 17.5 Å². The van der Waals surface area contributed by atoms with E-state index in [1.54, 1.807) is 5.57 Å². The number of rotatable bonds is 10. The van der Waals surface area contributed by atoms with E-state index in [1.165, 1.54) is 83.5 Å². The number of esters is 1. The minimum Gasteiger partial charge on any atom is -0.461 e. The number of carbonyl (C=O) groups excluding carboxylic acids is 1. The lowest BCUT2D eigenvalue weighted by molar-refractivity contribution is -0.151. The molecule has 0 aromatic carbocycles. The lowest BCUT2D eigenvalue weighted by atomic mass is 9.47. The molecule has 0 saturated heterocycles. The zero-order valence-electron chi connectivity index (χ0n) is 22.5. The van der Waals surface area contributed by atoms with Gasteiger partial charge in [-0.25, -0.2) is 0 Å². The molecule has 3 heteroatoms. The van der Waals surface area contributed by atoms with E-state index in [2.05, 4.69) is 26.8 Å². The maximum atomic E-state index is 12.3. The molecule has 3 fully saturated rings. The highest BCUT2D eigenvalue weighted by Gasteiger charge is 2.58. The number of alkyl halides is 1. The molecule has 2 nitrogen and oxygen atoms in total. The zero-order chi connectivity index (χ0) is 24.3. The zero-order valence-corrected chi connectivity index (χ0v) is 23.3. The molecule has 4 aliphatic carbocycles. The Labute approximate surface area is 215 Å². The van der Waals surface area contributed by atoms with Crippen LogP contribution in [0, 0.1) is 34.5 Å². The Morgan fingerprint density at radius 1 is 1.03 bits per heavy atom. The lowest BCUT2D eigenvalue weighted by Crippen LogP contribution is -2.50. The van der Waals surface area contributed by atoms with Crippen molar-refractivity contribution in [2.75, 3.05) is 0 Å². The summed E-state index contributed by atoms with van der Waals surface area (Å²) >= 11 is 6.14. The predicted octanol–water partition coefficient (Wildman–Crippen LogP) is 9.25. The fourth-order valence-electron chi connectivity index (χ4n) is 8.89. The van der Waals surface area contributed by atoms with Crippen molar-refractivity contribution in [3.8, 4) is 0 Å². The van der Waals surface area contributed by atoms with Gasteiger partial charge in [0.15, 0.2) is 0 Å². The Balaban J connectivity index is 1.37. The molecule has 0 aromatic heterocycles. The summed E-state index contributed by atoms with van der Waals surface area (Å²) in [7, 11) is 0. The predicted molar refractivity (Wildman–Crippen MR) is 143 cm³/mol. The van der Waals surface area contributed by atoms with Crippen molar-refractivity contribution in [1.82, 2.24) is 0 Å². The summed E-state index contributed by atoms with van der Waals surface area (Å²) in [5.41, 5.74) is 2.48. The number of fused-ring (bicyclic) bond motifs is 5. The second-order valence-corrected chi connectivity index (χ2v) is 13.3. The summed E-state index contributed by atoms with van der Waals surface area (Å²) in [6.45, 7) is 9.48. The monoisotopic (exact) mass is 490 g/mol. The van der Waals surface area contributed by atoms with Gasteiger partial charge in [0.25, 0.3) is 0 Å². The van der Waals surface area contributed by atoms with E-state index in [0.717, 1.165) is 36.5 Å². The van der Waals surface area contributed by atoms with Gasteiger partial charge in [0.1, 0.15) is 11.5 Å². The molecule has 0 radical (unpaired) electrons. The normalized spacial score (nSPS) is 40.0. The van der Waals surface area contributed by atoms with Gasteiger partial charge in [0, 0.05) is 6.42 Å². The number of ether oxygens (including phenoxy) is 1. The van der Waals surface area contributed by atoms with Crippen LogP contribution in [0.5, 0.6) is 0 Å². The summed E-state index contributed by atoms with van der Waals surface area (Å²) in [5.74, 6) is 3.35. The number of halogens is 1. The summed E-state index contributed by atoms with van der Waals surface area (Å²) in [6, 6.07) is 0. The van der Waals surface area contributed by atoms with Crippen molar-refractivity contribution in [2.45, 2.75) is 142 Å². The van der Waals surface area contributed by atoms with Crippen LogP contribution in [0.3, 0.4) is 0 Å². The van der Waals surface area contributed by atoms with Crippen molar-refractivity contribution >= 4 is 17.6 Å². The standard InChI is InChI=1S/C31H51ClO2/c1-5-7-8-9-10-11-12-22-14-16-26-25-15-13-23-21-24(34-29(33)28(32)6-2)17-19-31(23,4)27(25)18-20-30(22,26)3/h13,22,24-28H,5-12,14-21H2,1-4H3/t22-,24-,25-,26-,27-,28+,30+,31-/m0/s1. The quantitative estimate of drug-likeness (QED) is 0.132. The van der Waals surface area contributed by atoms with Gasteiger partial charge in [-0.2, -0.15) is 0 Å². The van der Waals surface area contributed by atoms with Crippen LogP contribution in [0.4, 0.5) is 0 Å². The second kappa shape index (κ2) is 11.3. The van der Waals surface area contributed by atoms with E-state index >= 15 is 0 Å². The van der Waals surface area contributed by atoms with Crippen LogP contribution in [0.1, 0.15) is 130 Å². The van der Waals surface area contributed by atoms with Crippen molar-refractivity contribution < 1.29 is 9.53 Å². The third-order valence-corrected chi connectivity index (χ3v) is 11.5. The SMILES string of the molecule is CCCCCCCC[C@H]1CC[C@H]2[C@@H]3CC=C4C[C@@H](OC(=O)[C@H](Cl)CC)CC[C@]4(C)[C@H]3CC[C@]12C. The largest absolute Gasteiger partial charge is 0.461 e. The Morgan fingerprint density at radius 3 is 2.56 bits per heavy atom. The molecule has 0 N–H and O–H groups in total. The third kappa shape index (κ3) is 5.14. The van der Waals surface area contributed by atoms with E-state index in [9.17, 15) is 4.79 Å².